The van der Waals surface area contributed by atoms with Crippen LogP contribution in [-0.4, -0.2) is 74.2 Å². The Bertz CT molecular complexity index is 1000. The van der Waals surface area contributed by atoms with Gasteiger partial charge in [-0.25, -0.2) is 13.2 Å². The van der Waals surface area contributed by atoms with E-state index in [1.165, 1.54) is 10.4 Å². The van der Waals surface area contributed by atoms with Crippen molar-refractivity contribution in [3.63, 3.8) is 0 Å². The lowest BCUT2D eigenvalue weighted by Crippen LogP contribution is -2.51. The Balaban J connectivity index is 2.48. The fraction of sp³-hybridized carbons (Fsp3) is 0.640. The number of likely N-dealkylation sites (N-methyl/N-ethyl adjacent to an activating group) is 1. The lowest BCUT2D eigenvalue weighted by atomic mass is 10.0. The van der Waals surface area contributed by atoms with Crippen molar-refractivity contribution in [1.29, 1.82) is 0 Å². The first-order valence-corrected chi connectivity index (χ1v) is 13.4. The number of urea groups is 1. The van der Waals surface area contributed by atoms with Crippen molar-refractivity contribution in [1.82, 2.24) is 14.5 Å². The zero-order valence-corrected chi connectivity index (χ0v) is 22.0. The number of aliphatic hydroxyl groups is 1. The summed E-state index contributed by atoms with van der Waals surface area (Å²) < 4.78 is 34.6. The summed E-state index contributed by atoms with van der Waals surface area (Å²) in [6.07, 6.45) is 1.10. The van der Waals surface area contributed by atoms with Crippen LogP contribution in [0.1, 0.15) is 53.0 Å². The Morgan fingerprint density at radius 1 is 1.35 bits per heavy atom. The average Bonchev–Trinajstić information content (AvgIpc) is 2.78. The predicted molar refractivity (Wildman–Crippen MR) is 133 cm³/mol. The quantitative estimate of drug-likeness (QED) is 0.569. The summed E-state index contributed by atoms with van der Waals surface area (Å²) >= 11 is 0. The van der Waals surface area contributed by atoms with Gasteiger partial charge in [0.25, 0.3) is 0 Å². The monoisotopic (exact) mass is 493 g/mol. The van der Waals surface area contributed by atoms with Crippen LogP contribution < -0.4 is 10.1 Å². The second-order valence-corrected chi connectivity index (χ2v) is 11.3. The number of benzene rings is 1. The van der Waals surface area contributed by atoms with Crippen molar-refractivity contribution < 1.29 is 23.1 Å². The molecule has 0 unspecified atom stereocenters. The highest BCUT2D eigenvalue weighted by Crippen LogP contribution is 2.34. The van der Waals surface area contributed by atoms with Crippen molar-refractivity contribution in [2.45, 2.75) is 64.5 Å². The first-order chi connectivity index (χ1) is 16.0. The second kappa shape index (κ2) is 12.4. The van der Waals surface area contributed by atoms with Gasteiger partial charge in [-0.1, -0.05) is 39.5 Å². The Morgan fingerprint density at radius 3 is 2.68 bits per heavy atom. The zero-order valence-electron chi connectivity index (χ0n) is 21.2. The molecule has 8 nitrogen and oxygen atoms in total. The number of amides is 2. The van der Waals surface area contributed by atoms with E-state index < -0.39 is 22.2 Å². The summed E-state index contributed by atoms with van der Waals surface area (Å²) in [5.41, 5.74) is 0.664. The summed E-state index contributed by atoms with van der Waals surface area (Å²) in [7, 11) is -2.22. The highest BCUT2D eigenvalue weighted by molar-refractivity contribution is 7.89. The molecule has 2 N–H and O–H groups in total. The third kappa shape index (κ3) is 7.11. The number of sulfonamides is 1. The molecule has 0 fully saturated rings. The van der Waals surface area contributed by atoms with Crippen molar-refractivity contribution >= 4 is 16.1 Å². The van der Waals surface area contributed by atoms with Crippen molar-refractivity contribution in [3.8, 4) is 17.6 Å². The van der Waals surface area contributed by atoms with Crippen LogP contribution in [0.25, 0.3) is 0 Å². The predicted octanol–water partition coefficient (Wildman–Crippen LogP) is 2.90. The molecule has 34 heavy (non-hydrogen) atoms. The lowest BCUT2D eigenvalue weighted by Gasteiger charge is -2.37. The molecule has 0 aromatic heterocycles. The summed E-state index contributed by atoms with van der Waals surface area (Å²) in [5.74, 6) is 6.61. The molecule has 1 heterocycles. The van der Waals surface area contributed by atoms with E-state index in [1.807, 2.05) is 13.8 Å². The molecule has 2 rings (SSSR count). The van der Waals surface area contributed by atoms with Gasteiger partial charge in [0.05, 0.1) is 13.2 Å². The molecule has 0 radical (unpaired) electrons. The molecule has 0 spiro atoms. The minimum absolute atomic E-state index is 0.0391. The fourth-order valence-corrected chi connectivity index (χ4v) is 5.42. The van der Waals surface area contributed by atoms with Crippen molar-refractivity contribution in [3.05, 3.63) is 23.8 Å². The normalized spacial score (nSPS) is 20.7. The molecule has 1 aliphatic heterocycles. The molecule has 0 aliphatic carbocycles. The SMILES string of the molecule is CCCNC(=O)N(C)C[C@H]1Oc2cc(C#CCC(C)C)ccc2S(=O)(=O)N([C@H](C)CO)C[C@H]1C. The van der Waals surface area contributed by atoms with E-state index >= 15 is 0 Å². The maximum absolute atomic E-state index is 13.5. The third-order valence-corrected chi connectivity index (χ3v) is 7.76. The minimum atomic E-state index is -3.91. The van der Waals surface area contributed by atoms with E-state index in [9.17, 15) is 18.3 Å². The number of carbonyl (C=O) groups is 1. The number of hydrogen-bond donors (Lipinski definition) is 2. The van der Waals surface area contributed by atoms with E-state index in [1.54, 1.807) is 31.0 Å². The van der Waals surface area contributed by atoms with Gasteiger partial charge in [0.15, 0.2) is 0 Å². The highest BCUT2D eigenvalue weighted by Gasteiger charge is 2.38. The molecule has 1 aromatic carbocycles. The Morgan fingerprint density at radius 2 is 2.06 bits per heavy atom. The van der Waals surface area contributed by atoms with Crippen LogP contribution in [-0.2, 0) is 10.0 Å². The van der Waals surface area contributed by atoms with Crippen LogP contribution in [0.15, 0.2) is 23.1 Å². The molecule has 190 valence electrons. The number of carbonyl (C=O) groups excluding carboxylic acids is 1. The molecule has 0 bridgehead atoms. The van der Waals surface area contributed by atoms with Gasteiger partial charge in [-0.3, -0.25) is 0 Å². The summed E-state index contributed by atoms with van der Waals surface area (Å²) in [6.45, 7) is 10.4. The summed E-state index contributed by atoms with van der Waals surface area (Å²) in [6, 6.07) is 4.05. The van der Waals surface area contributed by atoms with Gasteiger partial charge in [-0.15, -0.1) is 0 Å². The van der Waals surface area contributed by atoms with Crippen LogP contribution >= 0.6 is 0 Å². The summed E-state index contributed by atoms with van der Waals surface area (Å²) in [5, 5.41) is 12.6. The van der Waals surface area contributed by atoms with Crippen molar-refractivity contribution in [2.75, 3.05) is 33.3 Å². The topological polar surface area (TPSA) is 99.2 Å². The number of rotatable bonds is 7. The van der Waals surface area contributed by atoms with Crippen LogP contribution in [0, 0.1) is 23.7 Å². The van der Waals surface area contributed by atoms with Gasteiger partial charge in [-0.2, -0.15) is 4.31 Å². The van der Waals surface area contributed by atoms with Crippen molar-refractivity contribution in [2.24, 2.45) is 11.8 Å². The first-order valence-electron chi connectivity index (χ1n) is 11.9. The molecule has 2 amide bonds. The first kappa shape index (κ1) is 28.0. The number of nitrogens with zero attached hydrogens (tertiary/aromatic N) is 2. The molecule has 1 aliphatic rings. The molecular weight excluding hydrogens is 454 g/mol. The summed E-state index contributed by atoms with van der Waals surface area (Å²) in [4.78, 5) is 14.0. The van der Waals surface area contributed by atoms with Gasteiger partial charge in [-0.05, 0) is 37.5 Å². The van der Waals surface area contributed by atoms with E-state index in [0.29, 0.717) is 18.0 Å². The van der Waals surface area contributed by atoms with Crippen LogP contribution in [0.3, 0.4) is 0 Å². The maximum atomic E-state index is 13.5. The van der Waals surface area contributed by atoms with Gasteiger partial charge in [0.2, 0.25) is 10.0 Å². The highest BCUT2D eigenvalue weighted by atomic mass is 32.2. The molecule has 1 aromatic rings. The van der Waals surface area contributed by atoms with Gasteiger partial charge in [0, 0.05) is 44.1 Å². The van der Waals surface area contributed by atoms with E-state index in [2.05, 4.69) is 31.0 Å². The van der Waals surface area contributed by atoms with Gasteiger partial charge in [0.1, 0.15) is 16.7 Å². The van der Waals surface area contributed by atoms with Gasteiger partial charge >= 0.3 is 6.03 Å². The Hall–Kier alpha value is -2.28. The standard InChI is InChI=1S/C25H39N3O5S/c1-7-13-26-25(30)27(6)16-23-19(4)15-28(20(5)17-29)34(31,32)24-12-11-21(14-22(24)33-23)10-8-9-18(2)3/h11-12,14,18-20,23,29H,7,9,13,15-17H2,1-6H3,(H,26,30)/t19-,20-,23-/m1/s1. The number of hydrogen-bond acceptors (Lipinski definition) is 5. The Labute approximate surface area is 204 Å². The van der Waals surface area contributed by atoms with Crippen LogP contribution in [0.4, 0.5) is 4.79 Å². The van der Waals surface area contributed by atoms with E-state index in [0.717, 1.165) is 12.8 Å². The number of ether oxygens (including phenoxy) is 1. The number of fused-ring (bicyclic) bond motifs is 1. The van der Waals surface area contributed by atoms with E-state index in [4.69, 9.17) is 4.74 Å². The molecular formula is C25H39N3O5S. The van der Waals surface area contributed by atoms with E-state index in [-0.39, 0.29) is 42.3 Å². The second-order valence-electron chi connectivity index (χ2n) is 9.41. The molecule has 0 saturated heterocycles. The minimum Gasteiger partial charge on any atom is -0.487 e. The largest absolute Gasteiger partial charge is 0.487 e. The zero-order chi connectivity index (χ0) is 25.5. The molecule has 9 heteroatoms. The van der Waals surface area contributed by atoms with Crippen LogP contribution in [0.2, 0.25) is 0 Å². The number of aliphatic hydroxyl groups excluding tert-OH is 1. The van der Waals surface area contributed by atoms with Crippen LogP contribution in [0.5, 0.6) is 5.75 Å². The molecule has 3 atom stereocenters. The average molecular weight is 494 g/mol. The van der Waals surface area contributed by atoms with Gasteiger partial charge < -0.3 is 20.1 Å². The Kier molecular flexibility index (Phi) is 10.2. The lowest BCUT2D eigenvalue weighted by molar-refractivity contribution is 0.0812. The molecule has 0 saturated carbocycles. The third-order valence-electron chi connectivity index (χ3n) is 5.74. The maximum Gasteiger partial charge on any atom is 0.317 e. The smallest absolute Gasteiger partial charge is 0.317 e. The number of nitrogens with one attached hydrogen (secondary N) is 1. The fourth-order valence-electron chi connectivity index (χ4n) is 3.60.